The van der Waals surface area contributed by atoms with Gasteiger partial charge in [0.15, 0.2) is 0 Å². The van der Waals surface area contributed by atoms with Crippen molar-refractivity contribution in [3.8, 4) is 16.9 Å². The topological polar surface area (TPSA) is 68.0 Å². The molecular weight excluding hydrogens is 388 g/mol. The molecule has 0 aliphatic carbocycles. The molecule has 2 heterocycles. The van der Waals surface area contributed by atoms with Crippen LogP contribution in [0.1, 0.15) is 21.6 Å². The first-order valence-electron chi connectivity index (χ1n) is 9.00. The lowest BCUT2D eigenvalue weighted by molar-refractivity contribution is 0.0696. The van der Waals surface area contributed by atoms with E-state index in [9.17, 15) is 13.6 Å². The Morgan fingerprint density at radius 1 is 0.967 bits per heavy atom. The highest BCUT2D eigenvalue weighted by Crippen LogP contribution is 2.30. The average Bonchev–Trinajstić information content (AvgIpc) is 3.17. The molecule has 0 aliphatic heterocycles. The molecule has 0 radical (unpaired) electrons. The number of carbonyl (C=O) groups is 1. The van der Waals surface area contributed by atoms with E-state index in [2.05, 4.69) is 10.1 Å². The van der Waals surface area contributed by atoms with Gasteiger partial charge in [0.1, 0.15) is 17.3 Å². The molecule has 0 unspecified atom stereocenters. The first-order valence-corrected chi connectivity index (χ1v) is 9.00. The van der Waals surface area contributed by atoms with Crippen LogP contribution in [0.15, 0.2) is 73.1 Å². The molecule has 4 rings (SSSR count). The predicted molar refractivity (Wildman–Crippen MR) is 109 cm³/mol. The number of carboxylic acids is 1. The highest BCUT2D eigenvalue weighted by Gasteiger charge is 2.18. The Bertz CT molecular complexity index is 1230. The number of hydrogen-bond donors (Lipinski definition) is 1. The van der Waals surface area contributed by atoms with Crippen molar-refractivity contribution in [2.75, 3.05) is 0 Å². The van der Waals surface area contributed by atoms with E-state index in [0.29, 0.717) is 11.3 Å². The zero-order valence-corrected chi connectivity index (χ0v) is 15.5. The number of halogens is 2. The molecule has 0 fully saturated rings. The maximum absolute atomic E-state index is 14.4. The maximum atomic E-state index is 14.4. The van der Waals surface area contributed by atoms with Crippen LogP contribution in [0.25, 0.3) is 29.1 Å². The second-order valence-electron chi connectivity index (χ2n) is 6.42. The van der Waals surface area contributed by atoms with Crippen LogP contribution in [0.3, 0.4) is 0 Å². The van der Waals surface area contributed by atoms with Crippen molar-refractivity contribution >= 4 is 18.1 Å². The third kappa shape index (κ3) is 3.86. The van der Waals surface area contributed by atoms with Crippen LogP contribution in [0, 0.1) is 11.6 Å². The minimum absolute atomic E-state index is 0.0880. The molecule has 2 aromatic carbocycles. The fourth-order valence-electron chi connectivity index (χ4n) is 2.99. The van der Waals surface area contributed by atoms with Gasteiger partial charge in [0.2, 0.25) is 0 Å². The van der Waals surface area contributed by atoms with E-state index in [0.717, 1.165) is 5.69 Å². The summed E-state index contributed by atoms with van der Waals surface area (Å²) in [6, 6.07) is 15.6. The fourth-order valence-corrected chi connectivity index (χ4v) is 2.99. The molecule has 0 bridgehead atoms. The van der Waals surface area contributed by atoms with Crippen molar-refractivity contribution in [1.82, 2.24) is 14.8 Å². The SMILES string of the molecule is O=C(O)c1ccnc(/C=C/c2cn(-c3ccccc3)nc2-c2c(F)cccc2F)c1. The Morgan fingerprint density at radius 3 is 2.40 bits per heavy atom. The van der Waals surface area contributed by atoms with Crippen LogP contribution in [0.2, 0.25) is 0 Å². The molecule has 148 valence electrons. The summed E-state index contributed by atoms with van der Waals surface area (Å²) in [5, 5.41) is 13.5. The normalized spacial score (nSPS) is 11.1. The summed E-state index contributed by atoms with van der Waals surface area (Å²) >= 11 is 0. The molecule has 1 N–H and O–H groups in total. The third-order valence-corrected chi connectivity index (χ3v) is 4.42. The van der Waals surface area contributed by atoms with E-state index in [1.54, 1.807) is 18.3 Å². The highest BCUT2D eigenvalue weighted by atomic mass is 19.1. The predicted octanol–water partition coefficient (Wildman–Crippen LogP) is 5.08. The van der Waals surface area contributed by atoms with Crippen LogP contribution in [-0.4, -0.2) is 25.8 Å². The molecular formula is C23H15F2N3O2. The minimum atomic E-state index is -1.07. The van der Waals surface area contributed by atoms with Gasteiger partial charge in [-0.25, -0.2) is 18.3 Å². The van der Waals surface area contributed by atoms with Crippen LogP contribution >= 0.6 is 0 Å². The first kappa shape index (κ1) is 19.2. The van der Waals surface area contributed by atoms with Crippen molar-refractivity contribution in [3.63, 3.8) is 0 Å². The molecule has 0 aliphatic rings. The van der Waals surface area contributed by atoms with Crippen LogP contribution in [0.5, 0.6) is 0 Å². The molecule has 0 saturated heterocycles. The number of aromatic carboxylic acids is 1. The van der Waals surface area contributed by atoms with Gasteiger partial charge in [0.25, 0.3) is 0 Å². The summed E-state index contributed by atoms with van der Waals surface area (Å²) < 4.78 is 30.4. The van der Waals surface area contributed by atoms with E-state index >= 15 is 0 Å². The first-order chi connectivity index (χ1) is 14.5. The molecule has 0 spiro atoms. The summed E-state index contributed by atoms with van der Waals surface area (Å²) in [5.74, 6) is -2.53. The largest absolute Gasteiger partial charge is 0.478 e. The van der Waals surface area contributed by atoms with Crippen molar-refractivity contribution < 1.29 is 18.7 Å². The summed E-state index contributed by atoms with van der Waals surface area (Å²) in [4.78, 5) is 15.3. The lowest BCUT2D eigenvalue weighted by Gasteiger charge is -2.03. The van der Waals surface area contributed by atoms with E-state index in [1.807, 2.05) is 30.3 Å². The number of pyridine rings is 1. The maximum Gasteiger partial charge on any atom is 0.335 e. The van der Waals surface area contributed by atoms with Gasteiger partial charge < -0.3 is 5.11 Å². The van der Waals surface area contributed by atoms with Gasteiger partial charge in [-0.2, -0.15) is 5.10 Å². The number of carboxylic acid groups (broad SMARTS) is 1. The lowest BCUT2D eigenvalue weighted by Crippen LogP contribution is -1.97. The Balaban J connectivity index is 1.83. The lowest BCUT2D eigenvalue weighted by atomic mass is 10.1. The summed E-state index contributed by atoms with van der Waals surface area (Å²) in [6.45, 7) is 0. The fraction of sp³-hybridized carbons (Fsp3) is 0. The molecule has 7 heteroatoms. The summed E-state index contributed by atoms with van der Waals surface area (Å²) in [7, 11) is 0. The standard InChI is InChI=1S/C23H15F2N3O2/c24-19-7-4-8-20(25)21(19)22-16(14-28(27-22)18-5-2-1-3-6-18)9-10-17-13-15(23(29)30)11-12-26-17/h1-14H,(H,29,30)/b10-9+. The van der Waals surface area contributed by atoms with E-state index in [4.69, 9.17) is 5.11 Å². The zero-order valence-electron chi connectivity index (χ0n) is 15.5. The van der Waals surface area contributed by atoms with E-state index < -0.39 is 17.6 Å². The minimum Gasteiger partial charge on any atom is -0.478 e. The third-order valence-electron chi connectivity index (χ3n) is 4.42. The van der Waals surface area contributed by atoms with Crippen molar-refractivity contribution in [2.45, 2.75) is 0 Å². The van der Waals surface area contributed by atoms with E-state index in [1.165, 1.54) is 41.2 Å². The number of rotatable bonds is 5. The molecule has 5 nitrogen and oxygen atoms in total. The number of benzene rings is 2. The number of nitrogens with zero attached hydrogens (tertiary/aromatic N) is 3. The second-order valence-corrected chi connectivity index (χ2v) is 6.42. The molecule has 0 amide bonds. The van der Waals surface area contributed by atoms with Crippen molar-refractivity contribution in [1.29, 1.82) is 0 Å². The summed E-state index contributed by atoms with van der Waals surface area (Å²) in [5.41, 5.74) is 1.54. The highest BCUT2D eigenvalue weighted by molar-refractivity contribution is 5.88. The molecule has 0 atom stereocenters. The van der Waals surface area contributed by atoms with Gasteiger partial charge in [0.05, 0.1) is 22.5 Å². The average molecular weight is 403 g/mol. The Morgan fingerprint density at radius 2 is 1.70 bits per heavy atom. The smallest absolute Gasteiger partial charge is 0.335 e. The number of hydrogen-bond acceptors (Lipinski definition) is 3. The molecule has 0 saturated carbocycles. The van der Waals surface area contributed by atoms with E-state index in [-0.39, 0.29) is 16.8 Å². The Kier molecular flexibility index (Phi) is 5.17. The number of para-hydroxylation sites is 1. The van der Waals surface area contributed by atoms with Gasteiger partial charge in [0, 0.05) is 18.0 Å². The van der Waals surface area contributed by atoms with Gasteiger partial charge in [-0.1, -0.05) is 24.3 Å². The summed E-state index contributed by atoms with van der Waals surface area (Å²) in [6.07, 6.45) is 6.20. The number of aromatic nitrogens is 3. The van der Waals surface area contributed by atoms with Gasteiger partial charge in [-0.15, -0.1) is 0 Å². The van der Waals surface area contributed by atoms with Crippen LogP contribution in [-0.2, 0) is 0 Å². The van der Waals surface area contributed by atoms with Gasteiger partial charge in [-0.05, 0) is 48.6 Å². The Labute approximate surface area is 170 Å². The Hall–Kier alpha value is -4.13. The quantitative estimate of drug-likeness (QED) is 0.505. The van der Waals surface area contributed by atoms with Crippen molar-refractivity contribution in [2.24, 2.45) is 0 Å². The second kappa shape index (κ2) is 8.08. The monoisotopic (exact) mass is 403 g/mol. The van der Waals surface area contributed by atoms with Crippen molar-refractivity contribution in [3.05, 3.63) is 102 Å². The van der Waals surface area contributed by atoms with Crippen LogP contribution < -0.4 is 0 Å². The zero-order chi connectivity index (χ0) is 21.1. The molecule has 30 heavy (non-hydrogen) atoms. The van der Waals surface area contributed by atoms with Gasteiger partial charge >= 0.3 is 5.97 Å². The van der Waals surface area contributed by atoms with Gasteiger partial charge in [-0.3, -0.25) is 4.98 Å². The molecule has 2 aromatic heterocycles. The van der Waals surface area contributed by atoms with Crippen LogP contribution in [0.4, 0.5) is 8.78 Å². The molecule has 4 aromatic rings.